The molecule has 0 heterocycles. The van der Waals surface area contributed by atoms with Crippen LogP contribution in [0.4, 0.5) is 0 Å². The fourth-order valence-electron chi connectivity index (χ4n) is 2.64. The first kappa shape index (κ1) is 13.7. The molecule has 0 aliphatic rings. The van der Waals surface area contributed by atoms with Crippen LogP contribution in [0.3, 0.4) is 0 Å². The van der Waals surface area contributed by atoms with Gasteiger partial charge in [0, 0.05) is 0 Å². The van der Waals surface area contributed by atoms with Gasteiger partial charge in [-0.15, -0.1) is 0 Å². The van der Waals surface area contributed by atoms with Crippen LogP contribution >= 0.6 is 0 Å². The van der Waals surface area contributed by atoms with Crippen LogP contribution in [0.1, 0.15) is 42.9 Å². The van der Waals surface area contributed by atoms with Crippen molar-refractivity contribution in [2.45, 2.75) is 39.0 Å². The van der Waals surface area contributed by atoms with Crippen LogP contribution in [-0.2, 0) is 12.8 Å². The molecule has 1 atom stereocenters. The lowest BCUT2D eigenvalue weighted by atomic mass is 9.88. The second-order valence-corrected chi connectivity index (χ2v) is 5.18. The molecule has 0 aromatic heterocycles. The van der Waals surface area contributed by atoms with E-state index in [0.717, 1.165) is 18.4 Å². The first-order valence-electron chi connectivity index (χ1n) is 7.07. The van der Waals surface area contributed by atoms with Gasteiger partial charge in [0.25, 0.3) is 0 Å². The molecule has 0 saturated heterocycles. The summed E-state index contributed by atoms with van der Waals surface area (Å²) in [5, 5.41) is 9.88. The Morgan fingerprint density at radius 3 is 2.26 bits per heavy atom. The van der Waals surface area contributed by atoms with Gasteiger partial charge in [-0.2, -0.15) is 0 Å². The Bertz CT molecular complexity index is 531. The number of benzene rings is 2. The summed E-state index contributed by atoms with van der Waals surface area (Å²) in [7, 11) is 0. The predicted octanol–water partition coefficient (Wildman–Crippen LogP) is 4.69. The van der Waals surface area contributed by atoms with Gasteiger partial charge >= 0.3 is 0 Å². The largest absolute Gasteiger partial charge is 0.508 e. The Balaban J connectivity index is 2.20. The number of para-hydroxylation sites is 1. The van der Waals surface area contributed by atoms with E-state index in [1.165, 1.54) is 17.5 Å². The van der Waals surface area contributed by atoms with Crippen molar-refractivity contribution in [3.05, 3.63) is 65.2 Å². The van der Waals surface area contributed by atoms with Crippen molar-refractivity contribution < 1.29 is 5.11 Å². The number of phenols is 1. The highest BCUT2D eigenvalue weighted by Crippen LogP contribution is 2.27. The monoisotopic (exact) mass is 254 g/mol. The summed E-state index contributed by atoms with van der Waals surface area (Å²) in [5.74, 6) is 0.832. The van der Waals surface area contributed by atoms with Gasteiger partial charge < -0.3 is 5.11 Å². The first-order valence-corrected chi connectivity index (χ1v) is 7.07. The number of hydrogen-bond acceptors (Lipinski definition) is 1. The molecule has 1 unspecified atom stereocenters. The van der Waals surface area contributed by atoms with Gasteiger partial charge in [0.1, 0.15) is 5.75 Å². The van der Waals surface area contributed by atoms with E-state index in [0.29, 0.717) is 11.7 Å². The quantitative estimate of drug-likeness (QED) is 0.820. The van der Waals surface area contributed by atoms with E-state index >= 15 is 0 Å². The Hall–Kier alpha value is -1.76. The number of phenolic OH excluding ortho intramolecular Hbond substituents is 1. The molecule has 0 bridgehead atoms. The summed E-state index contributed by atoms with van der Waals surface area (Å²) >= 11 is 0. The lowest BCUT2D eigenvalue weighted by Gasteiger charge is -2.17. The molecule has 100 valence electrons. The van der Waals surface area contributed by atoms with E-state index < -0.39 is 0 Å². The maximum absolute atomic E-state index is 9.88. The van der Waals surface area contributed by atoms with Gasteiger partial charge in [-0.25, -0.2) is 0 Å². The third-order valence-electron chi connectivity index (χ3n) is 3.62. The van der Waals surface area contributed by atoms with Crippen molar-refractivity contribution >= 4 is 0 Å². The molecule has 0 saturated carbocycles. The zero-order chi connectivity index (χ0) is 13.7. The van der Waals surface area contributed by atoms with E-state index in [-0.39, 0.29) is 0 Å². The Morgan fingerprint density at radius 1 is 0.947 bits per heavy atom. The van der Waals surface area contributed by atoms with E-state index in [4.69, 9.17) is 0 Å². The molecule has 19 heavy (non-hydrogen) atoms. The summed E-state index contributed by atoms with van der Waals surface area (Å²) in [6.45, 7) is 4.45. The average molecular weight is 254 g/mol. The highest BCUT2D eigenvalue weighted by Gasteiger charge is 2.12. The highest BCUT2D eigenvalue weighted by atomic mass is 16.3. The van der Waals surface area contributed by atoms with Crippen molar-refractivity contribution in [2.75, 3.05) is 0 Å². The summed E-state index contributed by atoms with van der Waals surface area (Å²) in [5.41, 5.74) is 3.88. The van der Waals surface area contributed by atoms with Crippen LogP contribution in [-0.4, -0.2) is 5.11 Å². The second kappa shape index (κ2) is 6.42. The number of aromatic hydroxyl groups is 1. The van der Waals surface area contributed by atoms with Gasteiger partial charge in [0.2, 0.25) is 0 Å². The Labute approximate surface area is 115 Å². The minimum absolute atomic E-state index is 0.405. The fraction of sp³-hybridized carbons (Fsp3) is 0.333. The van der Waals surface area contributed by atoms with Crippen LogP contribution in [0.15, 0.2) is 48.5 Å². The van der Waals surface area contributed by atoms with Crippen LogP contribution in [0.5, 0.6) is 5.75 Å². The molecular weight excluding hydrogens is 232 g/mol. The van der Waals surface area contributed by atoms with Crippen LogP contribution in [0.2, 0.25) is 0 Å². The third kappa shape index (κ3) is 3.37. The van der Waals surface area contributed by atoms with E-state index in [9.17, 15) is 5.11 Å². The zero-order valence-corrected chi connectivity index (χ0v) is 11.8. The van der Waals surface area contributed by atoms with Crippen LogP contribution in [0, 0.1) is 0 Å². The van der Waals surface area contributed by atoms with Crippen LogP contribution in [0.25, 0.3) is 0 Å². The molecular formula is C18H22O. The average Bonchev–Trinajstić information content (AvgIpc) is 2.42. The molecule has 0 amide bonds. The van der Waals surface area contributed by atoms with Gasteiger partial charge in [0.15, 0.2) is 0 Å². The molecule has 1 heteroatoms. The third-order valence-corrected chi connectivity index (χ3v) is 3.62. The van der Waals surface area contributed by atoms with E-state index in [2.05, 4.69) is 38.1 Å². The van der Waals surface area contributed by atoms with Gasteiger partial charge in [0.05, 0.1) is 0 Å². The fourth-order valence-corrected chi connectivity index (χ4v) is 2.64. The molecule has 1 nitrogen and oxygen atoms in total. The summed E-state index contributed by atoms with van der Waals surface area (Å²) in [6.07, 6.45) is 3.18. The maximum atomic E-state index is 9.88. The van der Waals surface area contributed by atoms with Gasteiger partial charge in [-0.05, 0) is 41.5 Å². The molecule has 2 aromatic carbocycles. The van der Waals surface area contributed by atoms with E-state index in [1.807, 2.05) is 18.2 Å². The molecule has 0 radical (unpaired) electrons. The molecule has 0 aliphatic carbocycles. The lowest BCUT2D eigenvalue weighted by molar-refractivity contribution is 0.465. The lowest BCUT2D eigenvalue weighted by Crippen LogP contribution is -2.03. The molecule has 0 spiro atoms. The minimum Gasteiger partial charge on any atom is -0.508 e. The van der Waals surface area contributed by atoms with E-state index in [1.54, 1.807) is 6.07 Å². The van der Waals surface area contributed by atoms with Crippen molar-refractivity contribution in [1.29, 1.82) is 0 Å². The topological polar surface area (TPSA) is 20.2 Å². The normalized spacial score (nSPS) is 12.3. The van der Waals surface area contributed by atoms with Crippen molar-refractivity contribution in [3.63, 3.8) is 0 Å². The summed E-state index contributed by atoms with van der Waals surface area (Å²) in [6, 6.07) is 16.3. The summed E-state index contributed by atoms with van der Waals surface area (Å²) < 4.78 is 0. The maximum Gasteiger partial charge on any atom is 0.118 e. The Kier molecular flexibility index (Phi) is 4.62. The molecule has 2 rings (SSSR count). The van der Waals surface area contributed by atoms with Crippen molar-refractivity contribution in [2.24, 2.45) is 0 Å². The SMILES string of the molecule is CCCc1ccccc1C(C)Cc1ccccc1O. The standard InChI is InChI=1S/C18H22O/c1-3-8-15-9-4-6-11-17(15)14(2)13-16-10-5-7-12-18(16)19/h4-7,9-12,14,19H,3,8,13H2,1-2H3. The predicted molar refractivity (Wildman–Crippen MR) is 80.7 cm³/mol. The zero-order valence-electron chi connectivity index (χ0n) is 11.8. The Morgan fingerprint density at radius 2 is 1.58 bits per heavy atom. The highest BCUT2D eigenvalue weighted by molar-refractivity contribution is 5.36. The summed E-state index contributed by atoms with van der Waals surface area (Å²) in [4.78, 5) is 0. The molecule has 2 aromatic rings. The second-order valence-electron chi connectivity index (χ2n) is 5.18. The van der Waals surface area contributed by atoms with Crippen molar-refractivity contribution in [3.8, 4) is 5.75 Å². The minimum atomic E-state index is 0.405. The van der Waals surface area contributed by atoms with Gasteiger partial charge in [-0.3, -0.25) is 0 Å². The van der Waals surface area contributed by atoms with Gasteiger partial charge in [-0.1, -0.05) is 62.7 Å². The molecule has 0 aliphatic heterocycles. The smallest absolute Gasteiger partial charge is 0.118 e. The number of aryl methyl sites for hydroxylation is 1. The number of rotatable bonds is 5. The van der Waals surface area contributed by atoms with Crippen LogP contribution < -0.4 is 0 Å². The number of hydrogen-bond donors (Lipinski definition) is 1. The first-order chi connectivity index (χ1) is 9.22. The molecule has 1 N–H and O–H groups in total. The molecule has 0 fully saturated rings. The van der Waals surface area contributed by atoms with Crippen molar-refractivity contribution in [1.82, 2.24) is 0 Å².